The second kappa shape index (κ2) is 8.20. The molecule has 0 spiro atoms. The third kappa shape index (κ3) is 4.63. The van der Waals surface area contributed by atoms with Crippen LogP contribution in [0.5, 0.6) is 0 Å². The number of rotatable bonds is 5. The average molecular weight is 411 g/mol. The molecule has 2 heterocycles. The Kier molecular flexibility index (Phi) is 5.78. The molecule has 4 rings (SSSR count). The number of benzene rings is 1. The van der Waals surface area contributed by atoms with Crippen LogP contribution in [0.2, 0.25) is 0 Å². The number of piperidine rings is 1. The van der Waals surface area contributed by atoms with Crippen LogP contribution >= 0.6 is 0 Å². The van der Waals surface area contributed by atoms with Crippen molar-refractivity contribution in [1.82, 2.24) is 15.1 Å². The van der Waals surface area contributed by atoms with Gasteiger partial charge in [-0.25, -0.2) is 4.79 Å². The van der Waals surface area contributed by atoms with Crippen molar-refractivity contribution in [2.24, 2.45) is 0 Å². The molecule has 1 N–H and O–H groups in total. The largest absolute Gasteiger partial charge is 0.444 e. The van der Waals surface area contributed by atoms with Crippen LogP contribution in [0, 0.1) is 11.3 Å². The number of likely N-dealkylation sites (tertiary alicyclic amines) is 2. The Balaban J connectivity index is 1.26. The van der Waals surface area contributed by atoms with Gasteiger partial charge in [0.1, 0.15) is 5.60 Å². The van der Waals surface area contributed by atoms with E-state index in [0.717, 1.165) is 25.9 Å². The van der Waals surface area contributed by atoms with Crippen LogP contribution in [0.3, 0.4) is 0 Å². The minimum absolute atomic E-state index is 0.206. The van der Waals surface area contributed by atoms with Gasteiger partial charge in [-0.15, -0.1) is 0 Å². The van der Waals surface area contributed by atoms with Crippen molar-refractivity contribution in [3.63, 3.8) is 0 Å². The van der Waals surface area contributed by atoms with Gasteiger partial charge in [-0.05, 0) is 45.6 Å². The zero-order chi connectivity index (χ0) is 21.4. The minimum Gasteiger partial charge on any atom is -0.444 e. The predicted molar refractivity (Wildman–Crippen MR) is 116 cm³/mol. The van der Waals surface area contributed by atoms with Crippen LogP contribution in [0.1, 0.15) is 57.9 Å². The lowest BCUT2D eigenvalue weighted by atomic mass is 9.83. The Morgan fingerprint density at radius 2 is 1.90 bits per heavy atom. The van der Waals surface area contributed by atoms with Crippen LogP contribution < -0.4 is 5.32 Å². The fourth-order valence-corrected chi connectivity index (χ4v) is 4.96. The summed E-state index contributed by atoms with van der Waals surface area (Å²) in [6, 6.07) is 14.3. The van der Waals surface area contributed by atoms with Crippen molar-refractivity contribution in [3.05, 3.63) is 35.9 Å². The topological polar surface area (TPSA) is 68.6 Å². The Bertz CT molecular complexity index is 784. The van der Waals surface area contributed by atoms with Crippen molar-refractivity contribution >= 4 is 6.09 Å². The zero-order valence-corrected chi connectivity index (χ0v) is 18.4. The Labute approximate surface area is 180 Å². The lowest BCUT2D eigenvalue weighted by Crippen LogP contribution is -2.72. The summed E-state index contributed by atoms with van der Waals surface area (Å²) in [6.07, 6.45) is 3.61. The molecule has 0 aromatic heterocycles. The van der Waals surface area contributed by atoms with Gasteiger partial charge < -0.3 is 15.0 Å². The van der Waals surface area contributed by atoms with Crippen LogP contribution in [0.4, 0.5) is 4.79 Å². The molecule has 30 heavy (non-hydrogen) atoms. The van der Waals surface area contributed by atoms with E-state index in [1.54, 1.807) is 4.90 Å². The van der Waals surface area contributed by atoms with Crippen molar-refractivity contribution in [3.8, 4) is 6.07 Å². The molecule has 0 bridgehead atoms. The van der Waals surface area contributed by atoms with Crippen molar-refractivity contribution in [2.45, 2.75) is 75.6 Å². The van der Waals surface area contributed by atoms with Gasteiger partial charge in [0.2, 0.25) is 0 Å². The summed E-state index contributed by atoms with van der Waals surface area (Å²) in [4.78, 5) is 16.5. The molecular formula is C24H34N4O2. The first-order chi connectivity index (χ1) is 14.3. The Hall–Kier alpha value is -2.10. The minimum atomic E-state index is -0.491. The quantitative estimate of drug-likeness (QED) is 0.805. The first kappa shape index (κ1) is 21.1. The number of hydrogen-bond donors (Lipinski definition) is 1. The number of nitriles is 1. The molecule has 2 saturated heterocycles. The molecule has 1 aromatic rings. The maximum absolute atomic E-state index is 12.3. The fourth-order valence-electron chi connectivity index (χ4n) is 4.96. The number of carbonyl (C=O) groups is 1. The molecule has 1 amide bonds. The summed E-state index contributed by atoms with van der Waals surface area (Å²) in [5.74, 6) is 0.656. The molecule has 1 aliphatic carbocycles. The van der Waals surface area contributed by atoms with Crippen LogP contribution in [0.25, 0.3) is 0 Å². The summed E-state index contributed by atoms with van der Waals surface area (Å²) in [5, 5.41) is 13.3. The van der Waals surface area contributed by atoms with E-state index in [4.69, 9.17) is 4.74 Å². The van der Waals surface area contributed by atoms with Crippen molar-refractivity contribution in [2.75, 3.05) is 26.2 Å². The molecular weight excluding hydrogens is 376 g/mol. The molecule has 0 radical (unpaired) electrons. The van der Waals surface area contributed by atoms with Gasteiger partial charge in [0, 0.05) is 44.2 Å². The molecule has 1 unspecified atom stereocenters. The Morgan fingerprint density at radius 3 is 2.50 bits per heavy atom. The second-order valence-electron chi connectivity index (χ2n) is 10.2. The SMILES string of the molecule is CC(C)(C)OC(=O)N1CC(CC#N)(N2CCC(N[C@@H]3CC3c3ccccc3)CC2)C1. The molecule has 3 aliphatic rings. The van der Waals surface area contributed by atoms with E-state index in [1.807, 2.05) is 20.8 Å². The maximum atomic E-state index is 12.3. The van der Waals surface area contributed by atoms with Crippen molar-refractivity contribution in [1.29, 1.82) is 5.26 Å². The van der Waals surface area contributed by atoms with E-state index in [2.05, 4.69) is 46.6 Å². The molecule has 2 aliphatic heterocycles. The maximum Gasteiger partial charge on any atom is 0.410 e. The highest BCUT2D eigenvalue weighted by Crippen LogP contribution is 2.42. The molecule has 6 heteroatoms. The lowest BCUT2D eigenvalue weighted by molar-refractivity contribution is -0.0706. The normalized spacial score (nSPS) is 26.5. The van der Waals surface area contributed by atoms with Gasteiger partial charge in [0.15, 0.2) is 0 Å². The lowest BCUT2D eigenvalue weighted by Gasteiger charge is -2.56. The van der Waals surface area contributed by atoms with Gasteiger partial charge in [0.25, 0.3) is 0 Å². The highest BCUT2D eigenvalue weighted by atomic mass is 16.6. The van der Waals surface area contributed by atoms with Gasteiger partial charge in [-0.3, -0.25) is 4.90 Å². The fraction of sp³-hybridized carbons (Fsp3) is 0.667. The summed E-state index contributed by atoms with van der Waals surface area (Å²) in [7, 11) is 0. The summed E-state index contributed by atoms with van der Waals surface area (Å²) in [5.41, 5.74) is 0.745. The number of carbonyl (C=O) groups excluding carboxylic acids is 1. The molecule has 6 nitrogen and oxygen atoms in total. The number of nitrogens with one attached hydrogen (secondary N) is 1. The van der Waals surface area contributed by atoms with Gasteiger partial charge >= 0.3 is 6.09 Å². The summed E-state index contributed by atoms with van der Waals surface area (Å²) in [6.45, 7) is 8.78. The molecule has 2 atom stereocenters. The van der Waals surface area contributed by atoms with Gasteiger partial charge in [-0.2, -0.15) is 5.26 Å². The van der Waals surface area contributed by atoms with E-state index in [0.29, 0.717) is 37.5 Å². The molecule has 162 valence electrons. The molecule has 3 fully saturated rings. The first-order valence-corrected chi connectivity index (χ1v) is 11.2. The molecule has 1 saturated carbocycles. The van der Waals surface area contributed by atoms with E-state index in [9.17, 15) is 10.1 Å². The highest BCUT2D eigenvalue weighted by Gasteiger charge is 2.51. The number of ether oxygens (including phenoxy) is 1. The third-order valence-electron chi connectivity index (χ3n) is 6.66. The van der Waals surface area contributed by atoms with Crippen molar-refractivity contribution < 1.29 is 9.53 Å². The number of nitrogens with zero attached hydrogens (tertiary/aromatic N) is 3. The average Bonchev–Trinajstić information content (AvgIpc) is 3.43. The van der Waals surface area contributed by atoms with Crippen LogP contribution in [0.15, 0.2) is 30.3 Å². The summed E-state index contributed by atoms with van der Waals surface area (Å²) >= 11 is 0. The Morgan fingerprint density at radius 1 is 1.23 bits per heavy atom. The van der Waals surface area contributed by atoms with Crippen LogP contribution in [-0.2, 0) is 4.74 Å². The van der Waals surface area contributed by atoms with Crippen LogP contribution in [-0.4, -0.2) is 65.3 Å². The predicted octanol–water partition coefficient (Wildman–Crippen LogP) is 3.50. The van der Waals surface area contributed by atoms with E-state index >= 15 is 0 Å². The smallest absolute Gasteiger partial charge is 0.410 e. The first-order valence-electron chi connectivity index (χ1n) is 11.2. The van der Waals surface area contributed by atoms with Gasteiger partial charge in [0.05, 0.1) is 18.0 Å². The molecule has 1 aromatic carbocycles. The zero-order valence-electron chi connectivity index (χ0n) is 18.4. The number of hydrogen-bond acceptors (Lipinski definition) is 5. The van der Waals surface area contributed by atoms with E-state index in [-0.39, 0.29) is 11.6 Å². The standard InChI is InChI=1S/C24H34N4O2/c1-23(2,3)30-22(29)27-16-24(17-27,11-12-25)28-13-9-19(10-14-28)26-21-15-20(21)18-7-5-4-6-8-18/h4-8,19-21,26H,9-11,13-17H2,1-3H3/t20?,21-/m1/s1. The van der Waals surface area contributed by atoms with E-state index < -0.39 is 5.60 Å². The highest BCUT2D eigenvalue weighted by molar-refractivity contribution is 5.70. The monoisotopic (exact) mass is 410 g/mol. The second-order valence-corrected chi connectivity index (χ2v) is 10.2. The summed E-state index contributed by atoms with van der Waals surface area (Å²) < 4.78 is 5.49. The van der Waals surface area contributed by atoms with Gasteiger partial charge in [-0.1, -0.05) is 30.3 Å². The number of amides is 1. The van der Waals surface area contributed by atoms with E-state index in [1.165, 1.54) is 12.0 Å². The third-order valence-corrected chi connectivity index (χ3v) is 6.66.